The molecule has 3 unspecified atom stereocenters. The molecule has 3 N–H and O–H groups in total. The summed E-state index contributed by atoms with van der Waals surface area (Å²) in [5.74, 6) is 0.661. The van der Waals surface area contributed by atoms with Gasteiger partial charge >= 0.3 is 0 Å². The van der Waals surface area contributed by atoms with Crippen LogP contribution in [0.3, 0.4) is 0 Å². The topological polar surface area (TPSA) is 55.1 Å². The van der Waals surface area contributed by atoms with Crippen molar-refractivity contribution in [2.45, 2.75) is 46.1 Å². The van der Waals surface area contributed by atoms with Crippen LogP contribution in [0.15, 0.2) is 18.2 Å². The van der Waals surface area contributed by atoms with Gasteiger partial charge in [0.15, 0.2) is 0 Å². The second-order valence-corrected chi connectivity index (χ2v) is 7.78. The number of carbonyl (C=O) groups excluding carboxylic acids is 1. The first kappa shape index (κ1) is 14.7. The highest BCUT2D eigenvalue weighted by atomic mass is 35.5. The predicted octanol–water partition coefficient (Wildman–Crippen LogP) is 3.87. The Bertz CT molecular complexity index is 598. The van der Waals surface area contributed by atoms with Crippen LogP contribution in [0.5, 0.6) is 0 Å². The molecule has 4 heteroatoms. The molecule has 0 spiro atoms. The Morgan fingerprint density at radius 2 is 2.10 bits per heavy atom. The van der Waals surface area contributed by atoms with Crippen molar-refractivity contribution in [3.63, 3.8) is 0 Å². The lowest BCUT2D eigenvalue weighted by Crippen LogP contribution is -2.46. The van der Waals surface area contributed by atoms with Crippen molar-refractivity contribution in [2.75, 3.05) is 5.73 Å². The fourth-order valence-electron chi connectivity index (χ4n) is 4.33. The van der Waals surface area contributed by atoms with E-state index in [1.54, 1.807) is 18.2 Å². The molecule has 1 aromatic carbocycles. The Balaban J connectivity index is 1.79. The van der Waals surface area contributed by atoms with Crippen molar-refractivity contribution >= 4 is 23.2 Å². The molecular weight excluding hydrogens is 284 g/mol. The molecule has 0 aliphatic heterocycles. The zero-order chi connectivity index (χ0) is 15.4. The Labute approximate surface area is 131 Å². The van der Waals surface area contributed by atoms with Gasteiger partial charge in [0.25, 0.3) is 5.91 Å². The van der Waals surface area contributed by atoms with Crippen LogP contribution < -0.4 is 11.1 Å². The van der Waals surface area contributed by atoms with E-state index in [1.165, 1.54) is 12.8 Å². The van der Waals surface area contributed by atoms with Gasteiger partial charge in [-0.1, -0.05) is 32.4 Å². The summed E-state index contributed by atoms with van der Waals surface area (Å²) in [6.07, 6.45) is 3.56. The van der Waals surface area contributed by atoms with Gasteiger partial charge in [-0.25, -0.2) is 0 Å². The van der Waals surface area contributed by atoms with Crippen LogP contribution in [0.2, 0.25) is 5.02 Å². The van der Waals surface area contributed by atoms with E-state index < -0.39 is 0 Å². The molecule has 1 amide bonds. The number of hydrogen-bond acceptors (Lipinski definition) is 2. The van der Waals surface area contributed by atoms with Crippen molar-refractivity contribution in [1.82, 2.24) is 5.32 Å². The van der Waals surface area contributed by atoms with Crippen molar-refractivity contribution in [1.29, 1.82) is 0 Å². The number of halogens is 1. The third-order valence-electron chi connectivity index (χ3n) is 6.36. The van der Waals surface area contributed by atoms with Crippen molar-refractivity contribution in [3.8, 4) is 0 Å². The second kappa shape index (κ2) is 4.64. The fourth-order valence-corrected chi connectivity index (χ4v) is 4.51. The molecular formula is C17H23ClN2O. The third kappa shape index (κ3) is 2.05. The van der Waals surface area contributed by atoms with Gasteiger partial charge in [-0.15, -0.1) is 0 Å². The molecule has 2 saturated carbocycles. The summed E-state index contributed by atoms with van der Waals surface area (Å²) >= 11 is 6.01. The van der Waals surface area contributed by atoms with Crippen LogP contribution in [-0.2, 0) is 0 Å². The molecule has 2 aliphatic carbocycles. The summed E-state index contributed by atoms with van der Waals surface area (Å²) in [6, 6.07) is 5.31. The monoisotopic (exact) mass is 306 g/mol. The Morgan fingerprint density at radius 3 is 2.62 bits per heavy atom. The maximum absolute atomic E-state index is 12.5. The number of anilines is 1. The maximum Gasteiger partial charge on any atom is 0.251 e. The number of fused-ring (bicyclic) bond motifs is 2. The zero-order valence-corrected chi connectivity index (χ0v) is 13.6. The normalized spacial score (nSPS) is 33.1. The van der Waals surface area contributed by atoms with Crippen LogP contribution in [0.1, 0.15) is 50.4 Å². The fraction of sp³-hybridized carbons (Fsp3) is 0.588. The minimum Gasteiger partial charge on any atom is -0.398 e. The molecule has 3 atom stereocenters. The summed E-state index contributed by atoms with van der Waals surface area (Å²) < 4.78 is 0. The third-order valence-corrected chi connectivity index (χ3v) is 6.69. The van der Waals surface area contributed by atoms with Gasteiger partial charge in [-0.3, -0.25) is 4.79 Å². The van der Waals surface area contributed by atoms with Gasteiger partial charge in [-0.05, 0) is 54.2 Å². The van der Waals surface area contributed by atoms with Gasteiger partial charge in [0.2, 0.25) is 0 Å². The summed E-state index contributed by atoms with van der Waals surface area (Å²) in [7, 11) is 0. The smallest absolute Gasteiger partial charge is 0.251 e. The highest BCUT2D eigenvalue weighted by molar-refractivity contribution is 6.33. The lowest BCUT2D eigenvalue weighted by molar-refractivity contribution is 0.0826. The number of benzene rings is 1. The molecule has 0 heterocycles. The lowest BCUT2D eigenvalue weighted by Gasteiger charge is -2.39. The van der Waals surface area contributed by atoms with Crippen LogP contribution in [0.25, 0.3) is 0 Å². The summed E-state index contributed by atoms with van der Waals surface area (Å²) in [4.78, 5) is 12.5. The zero-order valence-electron chi connectivity index (χ0n) is 12.9. The van der Waals surface area contributed by atoms with Gasteiger partial charge < -0.3 is 11.1 Å². The van der Waals surface area contributed by atoms with E-state index in [2.05, 4.69) is 26.1 Å². The number of amides is 1. The average molecular weight is 307 g/mol. The van der Waals surface area contributed by atoms with E-state index in [0.29, 0.717) is 27.6 Å². The average Bonchev–Trinajstić information content (AvgIpc) is 2.75. The summed E-state index contributed by atoms with van der Waals surface area (Å²) in [5.41, 5.74) is 7.26. The second-order valence-electron chi connectivity index (χ2n) is 7.37. The van der Waals surface area contributed by atoms with Crippen LogP contribution >= 0.6 is 11.6 Å². The molecule has 21 heavy (non-hydrogen) atoms. The number of carbonyl (C=O) groups is 1. The van der Waals surface area contributed by atoms with E-state index in [0.717, 1.165) is 6.42 Å². The quantitative estimate of drug-likeness (QED) is 0.815. The van der Waals surface area contributed by atoms with Gasteiger partial charge in [0.05, 0.1) is 10.7 Å². The van der Waals surface area contributed by atoms with Crippen LogP contribution in [-0.4, -0.2) is 11.9 Å². The first-order valence-electron chi connectivity index (χ1n) is 7.61. The van der Waals surface area contributed by atoms with E-state index >= 15 is 0 Å². The van der Waals surface area contributed by atoms with Crippen LogP contribution in [0, 0.1) is 16.7 Å². The van der Waals surface area contributed by atoms with E-state index in [1.807, 2.05) is 0 Å². The van der Waals surface area contributed by atoms with Crippen molar-refractivity contribution in [2.24, 2.45) is 16.7 Å². The molecule has 0 radical (unpaired) electrons. The van der Waals surface area contributed by atoms with Gasteiger partial charge in [0.1, 0.15) is 0 Å². The lowest BCUT2D eigenvalue weighted by atomic mass is 9.69. The Hall–Kier alpha value is -1.22. The van der Waals surface area contributed by atoms with E-state index in [-0.39, 0.29) is 17.4 Å². The highest BCUT2D eigenvalue weighted by Gasteiger charge is 2.61. The summed E-state index contributed by atoms with van der Waals surface area (Å²) in [5, 5.41) is 3.66. The first-order valence-corrected chi connectivity index (χ1v) is 7.99. The number of hydrogen-bond donors (Lipinski definition) is 2. The van der Waals surface area contributed by atoms with Gasteiger partial charge in [0, 0.05) is 11.6 Å². The number of nitrogens with two attached hydrogens (primary N) is 1. The molecule has 1 aromatic rings. The highest BCUT2D eigenvalue weighted by Crippen LogP contribution is 2.65. The van der Waals surface area contributed by atoms with Gasteiger partial charge in [-0.2, -0.15) is 0 Å². The minimum absolute atomic E-state index is 0.0496. The van der Waals surface area contributed by atoms with Crippen molar-refractivity contribution < 1.29 is 4.79 Å². The van der Waals surface area contributed by atoms with E-state index in [9.17, 15) is 4.79 Å². The molecule has 0 saturated heterocycles. The molecule has 3 nitrogen and oxygen atoms in total. The maximum atomic E-state index is 12.5. The minimum atomic E-state index is -0.0496. The standard InChI is InChI=1S/C17H23ClN2O/c1-16(2)11-6-7-17(16,3)14(9-11)20-15(21)10-4-5-13(19)12(18)8-10/h4-5,8,11,14H,6-7,9,19H2,1-3H3,(H,20,21). The molecule has 3 rings (SSSR count). The molecule has 0 aromatic heterocycles. The SMILES string of the molecule is CC1(C)C2CCC1(C)C(NC(=O)c1ccc(N)c(Cl)c1)C2. The Kier molecular flexibility index (Phi) is 3.25. The molecule has 2 bridgehead atoms. The molecule has 2 aliphatic rings. The van der Waals surface area contributed by atoms with Crippen LogP contribution in [0.4, 0.5) is 5.69 Å². The van der Waals surface area contributed by atoms with E-state index in [4.69, 9.17) is 17.3 Å². The molecule has 2 fully saturated rings. The number of nitrogen functional groups attached to an aromatic ring is 1. The predicted molar refractivity (Wildman–Crippen MR) is 86.3 cm³/mol. The first-order chi connectivity index (χ1) is 9.75. The largest absolute Gasteiger partial charge is 0.398 e. The Morgan fingerprint density at radius 1 is 1.38 bits per heavy atom. The number of nitrogens with one attached hydrogen (secondary N) is 1. The summed E-state index contributed by atoms with van der Waals surface area (Å²) in [6.45, 7) is 7.01. The number of rotatable bonds is 2. The van der Waals surface area contributed by atoms with Crippen molar-refractivity contribution in [3.05, 3.63) is 28.8 Å². The molecule has 114 valence electrons.